The second kappa shape index (κ2) is 7.52. The van der Waals surface area contributed by atoms with E-state index in [0.717, 1.165) is 4.90 Å². The lowest BCUT2D eigenvalue weighted by atomic mass is 10.4. The summed E-state index contributed by atoms with van der Waals surface area (Å²) in [7, 11) is 0. The zero-order valence-corrected chi connectivity index (χ0v) is 13.3. The highest BCUT2D eigenvalue weighted by Gasteiger charge is 2.02. The Morgan fingerprint density at radius 2 is 2.10 bits per heavy atom. The van der Waals surface area contributed by atoms with E-state index >= 15 is 0 Å². The molecule has 1 aromatic heterocycles. The van der Waals surface area contributed by atoms with Gasteiger partial charge in [0.05, 0.1) is 12.0 Å². The lowest BCUT2D eigenvalue weighted by molar-refractivity contribution is -0.118. The van der Waals surface area contributed by atoms with Crippen molar-refractivity contribution in [2.24, 2.45) is 5.10 Å². The molecule has 0 unspecified atom stereocenters. The number of hydrogen-bond acceptors (Lipinski definition) is 4. The van der Waals surface area contributed by atoms with Gasteiger partial charge in [0.15, 0.2) is 4.67 Å². The average Bonchev–Trinajstić information content (AvgIpc) is 2.84. The smallest absolute Gasteiger partial charge is 0.250 e. The van der Waals surface area contributed by atoms with Gasteiger partial charge in [-0.3, -0.25) is 4.79 Å². The Morgan fingerprint density at radius 3 is 2.75 bits per heavy atom. The number of rotatable bonds is 5. The minimum absolute atomic E-state index is 0.188. The molecule has 0 aliphatic carbocycles. The van der Waals surface area contributed by atoms with Gasteiger partial charge in [-0.25, -0.2) is 5.43 Å². The first-order chi connectivity index (χ1) is 9.63. The quantitative estimate of drug-likeness (QED) is 0.491. The predicted octanol–water partition coefficient (Wildman–Crippen LogP) is 3.94. The number of amides is 1. The molecule has 0 radical (unpaired) electrons. The molecule has 0 spiro atoms. The van der Waals surface area contributed by atoms with E-state index in [1.807, 2.05) is 12.1 Å². The SMILES string of the molecule is O=C(CSc1ccc(Cl)cc1)N/N=C\c1ccc(Br)o1. The standard InChI is InChI=1S/C13H10BrClN2O2S/c14-12-6-3-10(19-12)7-16-17-13(18)8-20-11-4-1-9(15)2-5-11/h1-7H,8H2,(H,17,18)/b16-7-. The summed E-state index contributed by atoms with van der Waals surface area (Å²) < 4.78 is 5.82. The molecule has 0 saturated heterocycles. The number of nitrogens with zero attached hydrogens (tertiary/aromatic N) is 1. The maximum atomic E-state index is 11.6. The summed E-state index contributed by atoms with van der Waals surface area (Å²) in [6, 6.07) is 10.8. The van der Waals surface area contributed by atoms with E-state index in [0.29, 0.717) is 15.5 Å². The van der Waals surface area contributed by atoms with Gasteiger partial charge in [-0.1, -0.05) is 11.6 Å². The van der Waals surface area contributed by atoms with Crippen molar-refractivity contribution in [3.63, 3.8) is 0 Å². The number of halogens is 2. The van der Waals surface area contributed by atoms with Crippen LogP contribution in [0.25, 0.3) is 0 Å². The summed E-state index contributed by atoms with van der Waals surface area (Å²) >= 11 is 10.4. The number of thioether (sulfide) groups is 1. The van der Waals surface area contributed by atoms with E-state index < -0.39 is 0 Å². The zero-order valence-electron chi connectivity index (χ0n) is 10.2. The highest BCUT2D eigenvalue weighted by molar-refractivity contribution is 9.10. The van der Waals surface area contributed by atoms with E-state index in [2.05, 4.69) is 26.5 Å². The number of nitrogens with one attached hydrogen (secondary N) is 1. The molecule has 0 aliphatic heterocycles. The normalized spacial score (nSPS) is 10.9. The van der Waals surface area contributed by atoms with Crippen molar-refractivity contribution in [2.75, 3.05) is 5.75 Å². The molecular formula is C13H10BrClN2O2S. The Bertz CT molecular complexity index is 613. The molecule has 7 heteroatoms. The highest BCUT2D eigenvalue weighted by Crippen LogP contribution is 2.19. The average molecular weight is 374 g/mol. The van der Waals surface area contributed by atoms with Crippen molar-refractivity contribution in [2.45, 2.75) is 4.90 Å². The topological polar surface area (TPSA) is 54.6 Å². The van der Waals surface area contributed by atoms with Crippen molar-refractivity contribution < 1.29 is 9.21 Å². The zero-order chi connectivity index (χ0) is 14.4. The molecule has 0 fully saturated rings. The Morgan fingerprint density at radius 1 is 1.35 bits per heavy atom. The molecule has 1 heterocycles. The van der Waals surface area contributed by atoms with Crippen LogP contribution in [0.3, 0.4) is 0 Å². The van der Waals surface area contributed by atoms with Crippen LogP contribution in [0.15, 0.2) is 55.5 Å². The first-order valence-corrected chi connectivity index (χ1v) is 7.75. The first kappa shape index (κ1) is 15.2. The molecule has 4 nitrogen and oxygen atoms in total. The van der Waals surface area contributed by atoms with Crippen LogP contribution in [0.4, 0.5) is 0 Å². The van der Waals surface area contributed by atoms with Gasteiger partial charge >= 0.3 is 0 Å². The van der Waals surface area contributed by atoms with Crippen molar-refractivity contribution >= 4 is 51.4 Å². The third-order valence-corrected chi connectivity index (χ3v) is 3.85. The van der Waals surface area contributed by atoms with Gasteiger partial charge < -0.3 is 4.42 Å². The fraction of sp³-hybridized carbons (Fsp3) is 0.0769. The van der Waals surface area contributed by atoms with Crippen LogP contribution in [-0.4, -0.2) is 17.9 Å². The Hall–Kier alpha value is -1.24. The van der Waals surface area contributed by atoms with Crippen molar-refractivity contribution in [1.82, 2.24) is 5.43 Å². The Labute approximate surface area is 133 Å². The molecule has 1 aromatic carbocycles. The molecule has 0 bridgehead atoms. The lowest BCUT2D eigenvalue weighted by Gasteiger charge is -2.00. The van der Waals surface area contributed by atoms with Crippen LogP contribution >= 0.6 is 39.3 Å². The monoisotopic (exact) mass is 372 g/mol. The van der Waals surface area contributed by atoms with E-state index in [1.165, 1.54) is 18.0 Å². The van der Waals surface area contributed by atoms with Crippen LogP contribution in [0, 0.1) is 0 Å². The largest absolute Gasteiger partial charge is 0.448 e. The fourth-order valence-electron chi connectivity index (χ4n) is 1.28. The molecule has 0 aliphatic rings. The molecule has 0 atom stereocenters. The van der Waals surface area contributed by atoms with E-state index in [9.17, 15) is 4.79 Å². The summed E-state index contributed by atoms with van der Waals surface area (Å²) in [6.07, 6.45) is 1.44. The van der Waals surface area contributed by atoms with Gasteiger partial charge in [-0.15, -0.1) is 11.8 Å². The summed E-state index contributed by atoms with van der Waals surface area (Å²) in [6.45, 7) is 0. The van der Waals surface area contributed by atoms with Crippen LogP contribution in [0.5, 0.6) is 0 Å². The summed E-state index contributed by atoms with van der Waals surface area (Å²) in [5.74, 6) is 0.648. The molecule has 0 saturated carbocycles. The van der Waals surface area contributed by atoms with Gasteiger partial charge in [0.1, 0.15) is 5.76 Å². The molecule has 1 amide bonds. The third-order valence-electron chi connectivity index (χ3n) is 2.16. The maximum absolute atomic E-state index is 11.6. The van der Waals surface area contributed by atoms with Crippen LogP contribution < -0.4 is 5.43 Å². The number of hydrazone groups is 1. The second-order valence-electron chi connectivity index (χ2n) is 3.68. The van der Waals surface area contributed by atoms with Gasteiger partial charge in [0, 0.05) is 9.92 Å². The molecular weight excluding hydrogens is 364 g/mol. The van der Waals surface area contributed by atoms with Crippen molar-refractivity contribution in [3.8, 4) is 0 Å². The second-order valence-corrected chi connectivity index (χ2v) is 5.94. The number of carbonyl (C=O) groups is 1. The lowest BCUT2D eigenvalue weighted by Crippen LogP contribution is -2.19. The predicted molar refractivity (Wildman–Crippen MR) is 84.3 cm³/mol. The van der Waals surface area contributed by atoms with Crippen molar-refractivity contribution in [3.05, 3.63) is 51.9 Å². The molecule has 20 heavy (non-hydrogen) atoms. The van der Waals surface area contributed by atoms with Gasteiger partial charge in [-0.05, 0) is 52.3 Å². The van der Waals surface area contributed by atoms with Crippen LogP contribution in [0.1, 0.15) is 5.76 Å². The number of furan rings is 1. The Balaban J connectivity index is 1.75. The van der Waals surface area contributed by atoms with E-state index in [1.54, 1.807) is 24.3 Å². The molecule has 2 aromatic rings. The van der Waals surface area contributed by atoms with Crippen molar-refractivity contribution in [1.29, 1.82) is 0 Å². The summed E-state index contributed by atoms with van der Waals surface area (Å²) in [5.41, 5.74) is 2.43. The van der Waals surface area contributed by atoms with Gasteiger partial charge in [-0.2, -0.15) is 5.10 Å². The minimum Gasteiger partial charge on any atom is -0.448 e. The number of benzene rings is 1. The highest BCUT2D eigenvalue weighted by atomic mass is 79.9. The third kappa shape index (κ3) is 5.03. The van der Waals surface area contributed by atoms with E-state index in [-0.39, 0.29) is 11.7 Å². The summed E-state index contributed by atoms with van der Waals surface area (Å²) in [5, 5.41) is 4.48. The first-order valence-electron chi connectivity index (χ1n) is 5.59. The van der Waals surface area contributed by atoms with Gasteiger partial charge in [0.2, 0.25) is 5.91 Å². The van der Waals surface area contributed by atoms with Crippen LogP contribution in [0.2, 0.25) is 5.02 Å². The Kier molecular flexibility index (Phi) is 5.70. The van der Waals surface area contributed by atoms with Crippen LogP contribution in [-0.2, 0) is 4.79 Å². The number of carbonyl (C=O) groups excluding carboxylic acids is 1. The fourth-order valence-corrected chi connectivity index (χ4v) is 2.41. The maximum Gasteiger partial charge on any atom is 0.250 e. The number of hydrogen-bond donors (Lipinski definition) is 1. The van der Waals surface area contributed by atoms with E-state index in [4.69, 9.17) is 16.0 Å². The van der Waals surface area contributed by atoms with Gasteiger partial charge in [0.25, 0.3) is 0 Å². The molecule has 104 valence electrons. The molecule has 2 rings (SSSR count). The molecule has 1 N–H and O–H groups in total. The minimum atomic E-state index is -0.188. The summed E-state index contributed by atoms with van der Waals surface area (Å²) in [4.78, 5) is 12.5.